The van der Waals surface area contributed by atoms with Gasteiger partial charge in [0.1, 0.15) is 5.75 Å². The molecular formula is C13H17BrClNO3. The monoisotopic (exact) mass is 349 g/mol. The molecule has 2 unspecified atom stereocenters. The number of aliphatic hydroxyl groups excluding tert-OH is 1. The lowest BCUT2D eigenvalue weighted by Gasteiger charge is -2.19. The first kappa shape index (κ1) is 16.3. The van der Waals surface area contributed by atoms with E-state index in [0.717, 1.165) is 0 Å². The molecule has 0 heterocycles. The van der Waals surface area contributed by atoms with Crippen LogP contribution in [0.1, 0.15) is 20.3 Å². The Hall–Kier alpha value is -0.780. The van der Waals surface area contributed by atoms with Crippen molar-refractivity contribution < 1.29 is 14.6 Å². The van der Waals surface area contributed by atoms with Crippen molar-refractivity contribution in [3.05, 3.63) is 27.7 Å². The maximum atomic E-state index is 11.9. The van der Waals surface area contributed by atoms with Crippen molar-refractivity contribution >= 4 is 33.4 Å². The van der Waals surface area contributed by atoms with Crippen LogP contribution in [-0.4, -0.2) is 29.8 Å². The minimum Gasteiger partial charge on any atom is -0.480 e. The van der Waals surface area contributed by atoms with E-state index in [1.54, 1.807) is 25.1 Å². The molecule has 0 aliphatic rings. The number of amides is 1. The Morgan fingerprint density at radius 2 is 2.26 bits per heavy atom. The second kappa shape index (κ2) is 7.72. The van der Waals surface area contributed by atoms with Gasteiger partial charge in [0, 0.05) is 5.02 Å². The van der Waals surface area contributed by atoms with E-state index in [1.165, 1.54) is 0 Å². The van der Waals surface area contributed by atoms with Crippen LogP contribution in [0, 0.1) is 0 Å². The van der Waals surface area contributed by atoms with Crippen LogP contribution in [0.5, 0.6) is 5.75 Å². The maximum Gasteiger partial charge on any atom is 0.261 e. The second-order valence-electron chi connectivity index (χ2n) is 4.13. The molecule has 1 rings (SSSR count). The molecule has 106 valence electrons. The fourth-order valence-corrected chi connectivity index (χ4v) is 2.19. The molecule has 0 aliphatic carbocycles. The average molecular weight is 351 g/mol. The molecule has 0 radical (unpaired) electrons. The van der Waals surface area contributed by atoms with Crippen molar-refractivity contribution in [2.45, 2.75) is 32.4 Å². The lowest BCUT2D eigenvalue weighted by atomic mass is 10.2. The molecule has 1 amide bonds. The Morgan fingerprint density at radius 1 is 1.58 bits per heavy atom. The number of hydrogen-bond acceptors (Lipinski definition) is 3. The van der Waals surface area contributed by atoms with Gasteiger partial charge in [-0.1, -0.05) is 18.5 Å². The molecule has 19 heavy (non-hydrogen) atoms. The van der Waals surface area contributed by atoms with Crippen LogP contribution in [0.3, 0.4) is 0 Å². The molecule has 0 bridgehead atoms. The van der Waals surface area contributed by atoms with Gasteiger partial charge < -0.3 is 15.2 Å². The van der Waals surface area contributed by atoms with Crippen LogP contribution in [0.2, 0.25) is 5.02 Å². The topological polar surface area (TPSA) is 58.6 Å². The van der Waals surface area contributed by atoms with E-state index in [-0.39, 0.29) is 18.6 Å². The van der Waals surface area contributed by atoms with Crippen LogP contribution >= 0.6 is 27.5 Å². The fraction of sp³-hybridized carbons (Fsp3) is 0.462. The van der Waals surface area contributed by atoms with E-state index >= 15 is 0 Å². The van der Waals surface area contributed by atoms with Gasteiger partial charge in [-0.25, -0.2) is 0 Å². The number of halogens is 2. The molecule has 4 nitrogen and oxygen atoms in total. The standard InChI is InChI=1S/C13H17BrClNO3/c1-3-10(7-17)16-13(18)8(2)19-12-5-4-9(15)6-11(12)14/h4-6,8,10,17H,3,7H2,1-2H3,(H,16,18). The Bertz CT molecular complexity index is 438. The van der Waals surface area contributed by atoms with Crippen molar-refractivity contribution in [2.75, 3.05) is 6.61 Å². The third-order valence-corrected chi connectivity index (χ3v) is 3.48. The third kappa shape index (κ3) is 5.01. The molecule has 0 saturated carbocycles. The van der Waals surface area contributed by atoms with Gasteiger partial charge in [-0.2, -0.15) is 0 Å². The highest BCUT2D eigenvalue weighted by atomic mass is 79.9. The number of rotatable bonds is 6. The third-order valence-electron chi connectivity index (χ3n) is 2.63. The average Bonchev–Trinajstić information content (AvgIpc) is 2.38. The first-order valence-electron chi connectivity index (χ1n) is 6.00. The summed E-state index contributed by atoms with van der Waals surface area (Å²) in [6.45, 7) is 3.46. The molecule has 2 atom stereocenters. The molecule has 0 aliphatic heterocycles. The van der Waals surface area contributed by atoms with Crippen LogP contribution < -0.4 is 10.1 Å². The predicted octanol–water partition coefficient (Wildman–Crippen LogP) is 2.76. The first-order valence-corrected chi connectivity index (χ1v) is 7.18. The fourth-order valence-electron chi connectivity index (χ4n) is 1.41. The summed E-state index contributed by atoms with van der Waals surface area (Å²) in [5.74, 6) is 0.284. The number of ether oxygens (including phenoxy) is 1. The molecule has 1 aromatic rings. The van der Waals surface area contributed by atoms with Gasteiger partial charge in [0.25, 0.3) is 5.91 Å². The summed E-state index contributed by atoms with van der Waals surface area (Å²) < 4.78 is 6.24. The van der Waals surface area contributed by atoms with Gasteiger partial charge in [0.05, 0.1) is 17.1 Å². The molecule has 1 aromatic carbocycles. The predicted molar refractivity (Wildman–Crippen MR) is 78.5 cm³/mol. The van der Waals surface area contributed by atoms with Crippen LogP contribution in [0.4, 0.5) is 0 Å². The maximum absolute atomic E-state index is 11.9. The Morgan fingerprint density at radius 3 is 2.79 bits per heavy atom. The van der Waals surface area contributed by atoms with Gasteiger partial charge in [-0.3, -0.25) is 4.79 Å². The first-order chi connectivity index (χ1) is 8.97. The van der Waals surface area contributed by atoms with E-state index in [4.69, 9.17) is 21.4 Å². The second-order valence-corrected chi connectivity index (χ2v) is 5.42. The largest absolute Gasteiger partial charge is 0.480 e. The van der Waals surface area contributed by atoms with Crippen LogP contribution in [-0.2, 0) is 4.79 Å². The highest BCUT2D eigenvalue weighted by molar-refractivity contribution is 9.10. The number of carbonyl (C=O) groups is 1. The quantitative estimate of drug-likeness (QED) is 0.829. The number of hydrogen-bond donors (Lipinski definition) is 2. The number of carbonyl (C=O) groups excluding carboxylic acids is 1. The molecule has 0 spiro atoms. The smallest absolute Gasteiger partial charge is 0.261 e. The van der Waals surface area contributed by atoms with Crippen molar-refractivity contribution in [3.8, 4) is 5.75 Å². The zero-order valence-electron chi connectivity index (χ0n) is 10.8. The Kier molecular flexibility index (Phi) is 6.62. The van der Waals surface area contributed by atoms with Crippen molar-refractivity contribution in [1.29, 1.82) is 0 Å². The van der Waals surface area contributed by atoms with Gasteiger partial charge in [-0.05, 0) is 47.5 Å². The SMILES string of the molecule is CCC(CO)NC(=O)C(C)Oc1ccc(Cl)cc1Br. The summed E-state index contributed by atoms with van der Waals surface area (Å²) in [6.07, 6.45) is 0.0117. The van der Waals surface area contributed by atoms with E-state index in [2.05, 4.69) is 21.2 Å². The zero-order valence-corrected chi connectivity index (χ0v) is 13.2. The molecule has 0 saturated heterocycles. The van der Waals surface area contributed by atoms with E-state index in [9.17, 15) is 4.79 Å². The summed E-state index contributed by atoms with van der Waals surface area (Å²) >= 11 is 9.15. The normalized spacial score (nSPS) is 13.7. The van der Waals surface area contributed by atoms with E-state index in [1.807, 2.05) is 6.92 Å². The minimum absolute atomic E-state index is 0.0837. The zero-order chi connectivity index (χ0) is 14.4. The number of aliphatic hydroxyl groups is 1. The van der Waals surface area contributed by atoms with Gasteiger partial charge >= 0.3 is 0 Å². The highest BCUT2D eigenvalue weighted by Gasteiger charge is 2.18. The lowest BCUT2D eigenvalue weighted by molar-refractivity contribution is -0.128. The molecular weight excluding hydrogens is 334 g/mol. The Labute approximate surface area is 126 Å². The minimum atomic E-state index is -0.655. The van der Waals surface area contributed by atoms with Gasteiger partial charge in [0.2, 0.25) is 0 Å². The lowest BCUT2D eigenvalue weighted by Crippen LogP contribution is -2.43. The molecule has 6 heteroatoms. The molecule has 0 aromatic heterocycles. The molecule has 0 fully saturated rings. The Balaban J connectivity index is 2.63. The number of benzene rings is 1. The summed E-state index contributed by atoms with van der Waals surface area (Å²) in [6, 6.07) is 4.84. The van der Waals surface area contributed by atoms with Crippen molar-refractivity contribution in [2.24, 2.45) is 0 Å². The van der Waals surface area contributed by atoms with Gasteiger partial charge in [0.15, 0.2) is 6.10 Å². The van der Waals surface area contributed by atoms with Gasteiger partial charge in [-0.15, -0.1) is 0 Å². The van der Waals surface area contributed by atoms with Crippen LogP contribution in [0.15, 0.2) is 22.7 Å². The van der Waals surface area contributed by atoms with Crippen molar-refractivity contribution in [3.63, 3.8) is 0 Å². The van der Waals surface area contributed by atoms with E-state index in [0.29, 0.717) is 21.7 Å². The van der Waals surface area contributed by atoms with E-state index < -0.39 is 6.10 Å². The highest BCUT2D eigenvalue weighted by Crippen LogP contribution is 2.28. The molecule has 2 N–H and O–H groups in total. The summed E-state index contributed by atoms with van der Waals surface area (Å²) in [5, 5.41) is 12.3. The number of nitrogens with one attached hydrogen (secondary N) is 1. The summed E-state index contributed by atoms with van der Waals surface area (Å²) in [5.41, 5.74) is 0. The van der Waals surface area contributed by atoms with Crippen molar-refractivity contribution in [1.82, 2.24) is 5.32 Å². The summed E-state index contributed by atoms with van der Waals surface area (Å²) in [7, 11) is 0. The van der Waals surface area contributed by atoms with Crippen LogP contribution in [0.25, 0.3) is 0 Å². The summed E-state index contributed by atoms with van der Waals surface area (Å²) in [4.78, 5) is 11.9.